The van der Waals surface area contributed by atoms with E-state index < -0.39 is 71.9 Å². The van der Waals surface area contributed by atoms with E-state index in [0.717, 1.165) is 5.69 Å². The second kappa shape index (κ2) is 24.7. The Morgan fingerprint density at radius 2 is 1.58 bits per heavy atom. The number of carbonyl (C=O) groups excluding carboxylic acids is 3. The number of benzene rings is 4. The number of anilines is 2. The van der Waals surface area contributed by atoms with Crippen molar-refractivity contribution in [2.45, 2.75) is 68.3 Å². The van der Waals surface area contributed by atoms with E-state index in [1.54, 1.807) is 54.7 Å². The molecule has 4 aromatic carbocycles. The van der Waals surface area contributed by atoms with Gasteiger partial charge in [-0.15, -0.1) is 5.10 Å². The number of carbonyl (C=O) groups is 3. The molecule has 23 nitrogen and oxygen atoms in total. The fourth-order valence-electron chi connectivity index (χ4n) is 7.08. The first-order valence-electron chi connectivity index (χ1n) is 21.8. The highest BCUT2D eigenvalue weighted by molar-refractivity contribution is 7.86. The molecule has 2 heterocycles. The summed E-state index contributed by atoms with van der Waals surface area (Å²) >= 11 is 0. The number of nitrogens with zero attached hydrogens (tertiary/aromatic N) is 6. The lowest BCUT2D eigenvalue weighted by Gasteiger charge is -2.43. The summed E-state index contributed by atoms with van der Waals surface area (Å²) < 4.78 is 58.3. The molecule has 0 radical (unpaired) electrons. The maximum absolute atomic E-state index is 13.2. The summed E-state index contributed by atoms with van der Waals surface area (Å²) in [5.41, 5.74) is 3.84. The van der Waals surface area contributed by atoms with Crippen molar-refractivity contribution in [2.75, 3.05) is 63.8 Å². The van der Waals surface area contributed by atoms with Crippen LogP contribution < -0.4 is 26.2 Å². The van der Waals surface area contributed by atoms with Crippen LogP contribution in [0.25, 0.3) is 10.8 Å². The highest BCUT2D eigenvalue weighted by Gasteiger charge is 2.46. The monoisotopic (exact) mass is 976 g/mol. The molecule has 3 amide bonds. The Labute approximate surface area is 397 Å². The topological polar surface area (TPSA) is 310 Å². The van der Waals surface area contributed by atoms with Crippen molar-refractivity contribution in [2.24, 2.45) is 10.2 Å². The minimum atomic E-state index is -4.47. The number of aromatic nitrogens is 3. The summed E-state index contributed by atoms with van der Waals surface area (Å²) in [4.78, 5) is 39.8. The highest BCUT2D eigenvalue weighted by Crippen LogP contribution is 2.29. The van der Waals surface area contributed by atoms with Crippen LogP contribution in [0.5, 0.6) is 0 Å². The van der Waals surface area contributed by atoms with Crippen LogP contribution in [-0.4, -0.2) is 152 Å². The number of hydrogen-bond donors (Lipinski definition) is 8. The van der Waals surface area contributed by atoms with Crippen molar-refractivity contribution in [3.63, 3.8) is 0 Å². The summed E-state index contributed by atoms with van der Waals surface area (Å²) in [5.74, 6) is -1.42. The van der Waals surface area contributed by atoms with E-state index >= 15 is 0 Å². The van der Waals surface area contributed by atoms with Gasteiger partial charge in [0, 0.05) is 61.8 Å². The predicted molar refractivity (Wildman–Crippen MR) is 249 cm³/mol. The molecule has 0 bridgehead atoms. The molecule has 0 spiro atoms. The first-order chi connectivity index (χ1) is 33.1. The van der Waals surface area contributed by atoms with Gasteiger partial charge in [-0.2, -0.15) is 18.6 Å². The van der Waals surface area contributed by atoms with E-state index in [0.29, 0.717) is 45.6 Å². The largest absolute Gasteiger partial charge is 0.394 e. The zero-order valence-corrected chi connectivity index (χ0v) is 38.9. The van der Waals surface area contributed by atoms with E-state index in [9.17, 15) is 42.7 Å². The number of hydrogen-bond acceptors (Lipinski definition) is 18. The number of ether oxygens (including phenoxy) is 4. The van der Waals surface area contributed by atoms with E-state index in [-0.39, 0.29) is 50.3 Å². The normalized spacial score (nSPS) is 18.7. The number of azo groups is 1. The SMILES string of the molecule is CC(=O)N[C@H]1[C@@H](OC(CC(=O)NCCNc2cccc3c(S(=O)(=O)O)cccc23)OCCOCCn2cc(CNC(=O)c3ccc(N=Nc4ccc(N(C)C)cc4)cc3)nn2)O[C@H](CO)[C@H](O)[C@@H]1O. The van der Waals surface area contributed by atoms with Gasteiger partial charge >= 0.3 is 0 Å². The van der Waals surface area contributed by atoms with E-state index in [2.05, 4.69) is 41.8 Å². The smallest absolute Gasteiger partial charge is 0.295 e. The Bertz CT molecular complexity index is 2640. The Balaban J connectivity index is 0.963. The van der Waals surface area contributed by atoms with Gasteiger partial charge in [0.15, 0.2) is 12.6 Å². The average Bonchev–Trinajstić information content (AvgIpc) is 3.79. The lowest BCUT2D eigenvalue weighted by Crippen LogP contribution is -2.65. The molecule has 370 valence electrons. The van der Waals surface area contributed by atoms with Gasteiger partial charge in [-0.3, -0.25) is 18.9 Å². The van der Waals surface area contributed by atoms with E-state index in [1.807, 2.05) is 43.3 Å². The van der Waals surface area contributed by atoms with E-state index in [4.69, 9.17) is 18.9 Å². The van der Waals surface area contributed by atoms with Gasteiger partial charge in [0.1, 0.15) is 34.9 Å². The minimum Gasteiger partial charge on any atom is -0.394 e. The van der Waals surface area contributed by atoms with Crippen molar-refractivity contribution < 1.29 is 61.6 Å². The fraction of sp³-hybridized carbons (Fsp3) is 0.400. The molecular formula is C45H56N10O13S. The summed E-state index contributed by atoms with van der Waals surface area (Å²) in [6.45, 7) is 1.33. The van der Waals surface area contributed by atoms with Gasteiger partial charge in [0.25, 0.3) is 16.0 Å². The van der Waals surface area contributed by atoms with Crippen molar-refractivity contribution in [3.8, 4) is 0 Å². The molecule has 1 aliphatic heterocycles. The molecule has 1 saturated heterocycles. The molecule has 0 aliphatic carbocycles. The number of fused-ring (bicyclic) bond motifs is 1. The summed E-state index contributed by atoms with van der Waals surface area (Å²) in [6, 6.07) is 22.4. The van der Waals surface area contributed by atoms with E-state index in [1.165, 1.54) is 23.7 Å². The highest BCUT2D eigenvalue weighted by atomic mass is 32.2. The molecule has 1 aromatic heterocycles. The van der Waals surface area contributed by atoms with Gasteiger partial charge in [0.05, 0.1) is 63.5 Å². The molecule has 6 rings (SSSR count). The van der Waals surface area contributed by atoms with Gasteiger partial charge in [-0.05, 0) is 60.7 Å². The molecule has 69 heavy (non-hydrogen) atoms. The van der Waals surface area contributed by atoms with Crippen LogP contribution >= 0.6 is 0 Å². The van der Waals surface area contributed by atoms with Gasteiger partial charge in [0.2, 0.25) is 11.8 Å². The first-order valence-corrected chi connectivity index (χ1v) is 23.2. The number of nitrogens with one attached hydrogen (secondary N) is 4. The van der Waals surface area contributed by atoms with Crippen LogP contribution in [0.3, 0.4) is 0 Å². The molecule has 5 aromatic rings. The quantitative estimate of drug-likeness (QED) is 0.0190. The van der Waals surface area contributed by atoms with Crippen LogP contribution in [0, 0.1) is 0 Å². The summed E-state index contributed by atoms with van der Waals surface area (Å²) in [6.07, 6.45) is -6.00. The second-order valence-electron chi connectivity index (χ2n) is 15.9. The maximum atomic E-state index is 13.2. The molecule has 1 fully saturated rings. The van der Waals surface area contributed by atoms with Crippen molar-refractivity contribution >= 4 is 61.4 Å². The Morgan fingerprint density at radius 3 is 2.26 bits per heavy atom. The predicted octanol–water partition coefficient (Wildman–Crippen LogP) is 2.03. The third kappa shape index (κ3) is 15.0. The minimum absolute atomic E-state index is 0.0264. The molecule has 0 saturated carbocycles. The van der Waals surface area contributed by atoms with Crippen LogP contribution in [0.4, 0.5) is 22.7 Å². The van der Waals surface area contributed by atoms with Crippen LogP contribution in [0.15, 0.2) is 106 Å². The molecule has 1 unspecified atom stereocenters. The zero-order chi connectivity index (χ0) is 49.5. The molecule has 24 heteroatoms. The molecule has 1 aliphatic rings. The van der Waals surface area contributed by atoms with Gasteiger partial charge in [-0.25, -0.2) is 4.68 Å². The van der Waals surface area contributed by atoms with Gasteiger partial charge in [-0.1, -0.05) is 29.5 Å². The average molecular weight is 977 g/mol. The first kappa shape index (κ1) is 51.9. The van der Waals surface area contributed by atoms with Gasteiger partial charge < -0.3 is 60.4 Å². The second-order valence-corrected chi connectivity index (χ2v) is 17.3. The van der Waals surface area contributed by atoms with Crippen LogP contribution in [0.1, 0.15) is 29.4 Å². The zero-order valence-electron chi connectivity index (χ0n) is 38.0. The van der Waals surface area contributed by atoms with Crippen molar-refractivity contribution in [3.05, 3.63) is 102 Å². The number of rotatable bonds is 24. The maximum Gasteiger partial charge on any atom is 0.295 e. The molecule has 6 atom stereocenters. The number of aliphatic hydroxyl groups is 3. The number of aliphatic hydroxyl groups excluding tert-OH is 3. The Hall–Kier alpha value is -6.48. The standard InChI is InChI=1S/C45H56N10O13S/c1-28(57)49-41-43(60)42(59)37(27-56)67-45(41)68-40(24-39(58)47-19-18-46-36-8-4-7-35-34(36)6-5-9-38(35)69(62,63)64)66-23-22-65-21-20-55-26-32(52-53-55)25-48-44(61)29-10-12-30(13-11-29)50-51-31-14-16-33(17-15-31)54(2)3/h4-17,26,37,40-43,45-46,56,59-60H,18-25,27H2,1-3H3,(H,47,58)(H,48,61)(H,49,57)(H,62,63,64)/t37-,40?,41-,42+,43-,45-/m1/s1. The molecule has 8 N–H and O–H groups in total. The van der Waals surface area contributed by atoms with Crippen LogP contribution in [0.2, 0.25) is 0 Å². The number of amides is 3. The Morgan fingerprint density at radius 1 is 0.884 bits per heavy atom. The lowest BCUT2D eigenvalue weighted by molar-refractivity contribution is -0.313. The van der Waals surface area contributed by atoms with Crippen molar-refractivity contribution in [1.82, 2.24) is 30.9 Å². The fourth-order valence-corrected chi connectivity index (χ4v) is 7.78. The third-order valence-corrected chi connectivity index (χ3v) is 11.5. The summed E-state index contributed by atoms with van der Waals surface area (Å²) in [5, 5.41) is 59.7. The third-order valence-electron chi connectivity index (χ3n) is 10.6. The Kier molecular flexibility index (Phi) is 18.6. The molecular weight excluding hydrogens is 921 g/mol. The van der Waals surface area contributed by atoms with Crippen LogP contribution in [-0.2, 0) is 51.7 Å². The van der Waals surface area contributed by atoms with Crippen molar-refractivity contribution in [1.29, 1.82) is 0 Å². The lowest BCUT2D eigenvalue weighted by atomic mass is 9.97. The summed E-state index contributed by atoms with van der Waals surface area (Å²) in [7, 11) is -0.560.